The molecule has 0 fully saturated rings. The fourth-order valence-corrected chi connectivity index (χ4v) is 3.58. The number of hydrogen-bond acceptors (Lipinski definition) is 28. The Bertz CT molecular complexity index is 831. The molecule has 508 valence electrons. The van der Waals surface area contributed by atoms with E-state index in [4.69, 9.17) is 143 Å². The molecule has 27 N–H and O–H groups in total. The summed E-state index contributed by atoms with van der Waals surface area (Å²) in [4.78, 5) is 0. The highest BCUT2D eigenvalue weighted by Crippen LogP contribution is 2.19. The van der Waals surface area contributed by atoms with Gasteiger partial charge in [0, 0.05) is 37.3 Å². The van der Waals surface area contributed by atoms with Gasteiger partial charge in [0.15, 0.2) is 0 Å². The van der Waals surface area contributed by atoms with Crippen molar-refractivity contribution in [3.63, 3.8) is 0 Å². The van der Waals surface area contributed by atoms with E-state index in [2.05, 4.69) is 20.8 Å². The van der Waals surface area contributed by atoms with Crippen LogP contribution >= 0.6 is 0 Å². The van der Waals surface area contributed by atoms with Gasteiger partial charge in [-0.25, -0.2) is 0 Å². The van der Waals surface area contributed by atoms with Gasteiger partial charge in [-0.3, -0.25) is 0 Å². The van der Waals surface area contributed by atoms with E-state index >= 15 is 0 Å². The quantitative estimate of drug-likeness (QED) is 0.0258. The van der Waals surface area contributed by atoms with Crippen molar-refractivity contribution in [1.29, 1.82) is 0 Å². The van der Waals surface area contributed by atoms with Crippen molar-refractivity contribution in [3.8, 4) is 0 Å². The first-order valence-electron chi connectivity index (χ1n) is 27.9. The fourth-order valence-electron chi connectivity index (χ4n) is 3.58. The van der Waals surface area contributed by atoms with Crippen LogP contribution in [0.1, 0.15) is 138 Å². The lowest BCUT2D eigenvalue weighted by atomic mass is 9.88. The minimum atomic E-state index is -1.11. The Balaban J connectivity index is -0.0000000747. The van der Waals surface area contributed by atoms with Gasteiger partial charge in [0.1, 0.15) is 18.3 Å². The second-order valence-electron chi connectivity index (χ2n) is 18.2. The predicted octanol–water partition coefficient (Wildman–Crippen LogP) is -5.57. The zero-order chi connectivity index (χ0) is 65.7. The maximum absolute atomic E-state index is 8.74. The summed E-state index contributed by atoms with van der Waals surface area (Å²) in [5, 5.41) is 225. The zero-order valence-corrected chi connectivity index (χ0v) is 50.4. The summed E-state index contributed by atoms with van der Waals surface area (Å²) < 4.78 is 4.72. The smallest absolute Gasteiger partial charge is 0.100 e. The van der Waals surface area contributed by atoms with Crippen LogP contribution in [0.5, 0.6) is 0 Å². The molecule has 0 bridgehead atoms. The lowest BCUT2D eigenvalue weighted by Gasteiger charge is -2.24. The molecular formula is C53H128O28. The molecule has 0 rings (SSSR count). The number of aliphatic hydroxyl groups excluding tert-OH is 27. The maximum Gasteiger partial charge on any atom is 0.100 e. The molecule has 0 aromatic rings. The van der Waals surface area contributed by atoms with E-state index in [0.29, 0.717) is 26.1 Å². The summed E-state index contributed by atoms with van der Waals surface area (Å²) >= 11 is 0. The zero-order valence-electron chi connectivity index (χ0n) is 50.4. The molecule has 0 saturated carbocycles. The highest BCUT2D eigenvalue weighted by atomic mass is 16.5. The molecule has 28 heteroatoms. The molecule has 4 unspecified atom stereocenters. The third kappa shape index (κ3) is 98.3. The van der Waals surface area contributed by atoms with Crippen LogP contribution in [0.15, 0.2) is 0 Å². The minimum absolute atomic E-state index is 0.0342. The topological polar surface area (TPSA) is 555 Å². The molecule has 0 amide bonds. The van der Waals surface area contributed by atoms with Crippen LogP contribution < -0.4 is 0 Å². The molecule has 4 atom stereocenters. The minimum Gasteiger partial charge on any atom is -0.396 e. The van der Waals surface area contributed by atoms with Crippen molar-refractivity contribution in [1.82, 2.24) is 0 Å². The Hall–Kier alpha value is -1.12. The highest BCUT2D eigenvalue weighted by Gasteiger charge is 2.27. The van der Waals surface area contributed by atoms with Crippen molar-refractivity contribution >= 4 is 0 Å². The van der Waals surface area contributed by atoms with Crippen LogP contribution in [0.2, 0.25) is 0 Å². The molecule has 0 heterocycles. The molecule has 0 aromatic heterocycles. The van der Waals surface area contributed by atoms with Gasteiger partial charge in [-0.1, -0.05) is 86.0 Å². The fraction of sp³-hybridized carbons (Fsp3) is 1.00. The molecule has 0 radical (unpaired) electrons. The summed E-state index contributed by atoms with van der Waals surface area (Å²) in [6.45, 7) is 8.14. The Kier molecular flexibility index (Phi) is 120. The normalized spacial score (nSPS) is 11.9. The molecule has 0 aromatic carbocycles. The Morgan fingerprint density at radius 3 is 0.642 bits per heavy atom. The monoisotopic (exact) mass is 1210 g/mol. The summed E-state index contributed by atoms with van der Waals surface area (Å²) in [6.07, 6.45) is 10.7. The Morgan fingerprint density at radius 1 is 0.272 bits per heavy atom. The van der Waals surface area contributed by atoms with Crippen molar-refractivity contribution in [2.24, 2.45) is 16.2 Å². The van der Waals surface area contributed by atoms with Gasteiger partial charge >= 0.3 is 0 Å². The molecule has 0 spiro atoms. The third-order valence-electron chi connectivity index (χ3n) is 10.4. The predicted molar refractivity (Wildman–Crippen MR) is 307 cm³/mol. The van der Waals surface area contributed by atoms with E-state index in [0.717, 1.165) is 64.2 Å². The lowest BCUT2D eigenvalue weighted by Crippen LogP contribution is -2.37. The van der Waals surface area contributed by atoms with E-state index in [9.17, 15) is 0 Å². The van der Waals surface area contributed by atoms with Crippen molar-refractivity contribution in [2.75, 3.05) is 159 Å². The van der Waals surface area contributed by atoms with Crippen LogP contribution in [0.4, 0.5) is 0 Å². The van der Waals surface area contributed by atoms with E-state index < -0.39 is 73.2 Å². The SMILES string of the molecule is CC(O)CO.CCC(CO)(CO)CO.CCC(CO)(CO)CO.CCCCC(O)CO.CCCCCCO.CCCCO.OCC(CO)(CO)CO.OCC(O)CO.OCC(O)COCC(O)CO.OCCCCCCO.OCCO. The highest BCUT2D eigenvalue weighted by molar-refractivity contribution is 4.76. The van der Waals surface area contributed by atoms with E-state index in [-0.39, 0.29) is 119 Å². The van der Waals surface area contributed by atoms with Crippen LogP contribution in [0.25, 0.3) is 0 Å². The summed E-state index contributed by atoms with van der Waals surface area (Å²) in [6, 6.07) is 0. The largest absolute Gasteiger partial charge is 0.396 e. The van der Waals surface area contributed by atoms with Crippen LogP contribution in [0, 0.1) is 16.2 Å². The van der Waals surface area contributed by atoms with Gasteiger partial charge < -0.3 is 143 Å². The summed E-state index contributed by atoms with van der Waals surface area (Å²) in [5.74, 6) is 0. The average Bonchev–Trinajstić information content (AvgIpc) is 3.51. The molecule has 28 nitrogen and oxygen atoms in total. The second kappa shape index (κ2) is 92.6. The van der Waals surface area contributed by atoms with Gasteiger partial charge in [-0.05, 0) is 51.9 Å². The first-order valence-corrected chi connectivity index (χ1v) is 27.9. The molecule has 0 aliphatic carbocycles. The van der Waals surface area contributed by atoms with Crippen LogP contribution in [-0.4, -0.2) is 327 Å². The number of aliphatic hydroxyl groups is 27. The number of hydrogen-bond donors (Lipinski definition) is 27. The first kappa shape index (κ1) is 105. The van der Waals surface area contributed by atoms with Crippen molar-refractivity contribution in [2.45, 2.75) is 168 Å². The molecular weight excluding hydrogens is 1080 g/mol. The van der Waals surface area contributed by atoms with Crippen LogP contribution in [-0.2, 0) is 4.74 Å². The standard InChI is InChI=1S/C6H14O5.2C6H14O3.2C6H14O2.C6H14O.C5H12O4.C4H10O.C3H8O3.C3H8O2.C2H6O2/c7-1-5(9)3-11-4-6(10)2-8;2*1-2-6(3-7,4-8)5-9;1-2-3-4-6(8)5-7;7-5-3-1-2-4-6-8;1-2-3-4-5-6-7;6-1-5(2-7,3-8)4-9;1-2-3-4-5;4-1-3(6)2-5;1-3(5)2-4;3-1-2-4/h5-10H,1-4H2;2*7-9H,2-5H2,1H3;6-8H,2-5H2,1H3;7-8H,1-6H2;7H,2-6H2,1H3;6-9H,1-4H2;5H,2-4H2,1H3;3-6H,1-2H2;3-5H,2H2,1H3;3-4H,1-2H2. The molecule has 0 aliphatic heterocycles. The second-order valence-corrected chi connectivity index (χ2v) is 18.2. The Labute approximate surface area is 484 Å². The maximum atomic E-state index is 8.74. The third-order valence-corrected chi connectivity index (χ3v) is 10.4. The summed E-state index contributed by atoms with van der Waals surface area (Å²) in [7, 11) is 0. The van der Waals surface area contributed by atoms with E-state index in [1.807, 2.05) is 13.8 Å². The first-order chi connectivity index (χ1) is 38.5. The van der Waals surface area contributed by atoms with Gasteiger partial charge in [0.25, 0.3) is 0 Å². The van der Waals surface area contributed by atoms with Gasteiger partial charge in [-0.2, -0.15) is 0 Å². The average molecular weight is 1210 g/mol. The molecule has 81 heavy (non-hydrogen) atoms. The lowest BCUT2D eigenvalue weighted by molar-refractivity contribution is -0.0364. The van der Waals surface area contributed by atoms with Gasteiger partial charge in [0.2, 0.25) is 0 Å². The number of unbranched alkanes of at least 4 members (excludes halogenated alkanes) is 8. The number of ether oxygens (including phenoxy) is 1. The summed E-state index contributed by atoms with van der Waals surface area (Å²) in [5.41, 5.74) is -2.44. The Morgan fingerprint density at radius 2 is 0.519 bits per heavy atom. The van der Waals surface area contributed by atoms with E-state index in [1.54, 1.807) is 0 Å². The number of rotatable bonds is 37. The van der Waals surface area contributed by atoms with Crippen molar-refractivity contribution in [3.05, 3.63) is 0 Å². The van der Waals surface area contributed by atoms with E-state index in [1.165, 1.54) is 26.2 Å². The van der Waals surface area contributed by atoms with Crippen molar-refractivity contribution < 1.29 is 143 Å². The molecule has 0 saturated heterocycles. The van der Waals surface area contributed by atoms with Gasteiger partial charge in [-0.15, -0.1) is 0 Å². The van der Waals surface area contributed by atoms with Crippen LogP contribution in [0.3, 0.4) is 0 Å². The van der Waals surface area contributed by atoms with Gasteiger partial charge in [0.05, 0.1) is 150 Å². The molecule has 0 aliphatic rings.